The van der Waals surface area contributed by atoms with Crippen molar-refractivity contribution in [2.24, 2.45) is 0 Å². The maximum absolute atomic E-state index is 12.3. The number of para-hydroxylation sites is 1. The van der Waals surface area contributed by atoms with Crippen LogP contribution in [-0.4, -0.2) is 48.5 Å². The lowest BCUT2D eigenvalue weighted by molar-refractivity contribution is -0.383. The molecule has 142 valence electrons. The molecule has 1 N–H and O–H groups in total. The summed E-state index contributed by atoms with van der Waals surface area (Å²) in [6.07, 6.45) is 0. The van der Waals surface area contributed by atoms with Crippen molar-refractivity contribution in [2.45, 2.75) is 6.92 Å². The molecule has 3 rings (SSSR count). The van der Waals surface area contributed by atoms with Crippen LogP contribution in [-0.2, 0) is 4.79 Å². The lowest BCUT2D eigenvalue weighted by atomic mass is 10.1. The standard InChI is InChI=1S/C19H21ClN4O3/c1-14-4-2-3-5-17(14)23-10-8-22(9-11-23)13-19(25)21-16-7-6-15(20)12-18(16)24(26)27/h2-7,12H,8-11,13H2,1H3,(H,21,25). The highest BCUT2D eigenvalue weighted by atomic mass is 35.5. The van der Waals surface area contributed by atoms with E-state index in [1.807, 2.05) is 17.0 Å². The topological polar surface area (TPSA) is 78.7 Å². The van der Waals surface area contributed by atoms with E-state index >= 15 is 0 Å². The van der Waals surface area contributed by atoms with Gasteiger partial charge in [-0.1, -0.05) is 29.8 Å². The van der Waals surface area contributed by atoms with Crippen LogP contribution in [0.2, 0.25) is 5.02 Å². The van der Waals surface area contributed by atoms with Crippen LogP contribution in [0.1, 0.15) is 5.56 Å². The summed E-state index contributed by atoms with van der Waals surface area (Å²) in [5, 5.41) is 14.0. The predicted molar refractivity (Wildman–Crippen MR) is 107 cm³/mol. The van der Waals surface area contributed by atoms with Crippen LogP contribution in [0.3, 0.4) is 0 Å². The number of nitrogens with one attached hydrogen (secondary N) is 1. The number of carbonyl (C=O) groups excluding carboxylic acids is 1. The van der Waals surface area contributed by atoms with Gasteiger partial charge in [-0.2, -0.15) is 0 Å². The van der Waals surface area contributed by atoms with Crippen molar-refractivity contribution >= 4 is 34.6 Å². The summed E-state index contributed by atoms with van der Waals surface area (Å²) < 4.78 is 0. The molecule has 8 heteroatoms. The number of nitro benzene ring substituents is 1. The Bertz CT molecular complexity index is 851. The van der Waals surface area contributed by atoms with Crippen molar-refractivity contribution < 1.29 is 9.72 Å². The van der Waals surface area contributed by atoms with Crippen LogP contribution in [0.5, 0.6) is 0 Å². The van der Waals surface area contributed by atoms with E-state index in [0.29, 0.717) is 0 Å². The summed E-state index contributed by atoms with van der Waals surface area (Å²) in [6, 6.07) is 12.5. The number of rotatable bonds is 5. The second kappa shape index (κ2) is 8.37. The minimum Gasteiger partial charge on any atom is -0.369 e. The molecular weight excluding hydrogens is 368 g/mol. The highest BCUT2D eigenvalue weighted by Gasteiger charge is 2.22. The number of benzene rings is 2. The smallest absolute Gasteiger partial charge is 0.294 e. The molecule has 0 aromatic heterocycles. The number of halogens is 1. The Kier molecular flexibility index (Phi) is 5.93. The normalized spacial score (nSPS) is 14.8. The molecule has 0 bridgehead atoms. The third-order valence-electron chi connectivity index (χ3n) is 4.63. The number of aryl methyl sites for hydroxylation is 1. The number of anilines is 2. The zero-order valence-electron chi connectivity index (χ0n) is 15.0. The van der Waals surface area contributed by atoms with Gasteiger partial charge in [-0.25, -0.2) is 0 Å². The summed E-state index contributed by atoms with van der Waals surface area (Å²) in [5.41, 5.74) is 2.41. The van der Waals surface area contributed by atoms with E-state index in [1.165, 1.54) is 29.4 Å². The van der Waals surface area contributed by atoms with Crippen molar-refractivity contribution in [3.05, 3.63) is 63.2 Å². The van der Waals surface area contributed by atoms with Crippen molar-refractivity contribution in [1.29, 1.82) is 0 Å². The second-order valence-corrected chi connectivity index (χ2v) is 6.95. The highest BCUT2D eigenvalue weighted by molar-refractivity contribution is 6.31. The Morgan fingerprint density at radius 2 is 1.89 bits per heavy atom. The quantitative estimate of drug-likeness (QED) is 0.628. The molecule has 1 aliphatic heterocycles. The fourth-order valence-corrected chi connectivity index (χ4v) is 3.39. The summed E-state index contributed by atoms with van der Waals surface area (Å²) in [5.74, 6) is -0.273. The van der Waals surface area contributed by atoms with Gasteiger partial charge in [0.15, 0.2) is 0 Å². The van der Waals surface area contributed by atoms with Gasteiger partial charge in [0.2, 0.25) is 5.91 Å². The van der Waals surface area contributed by atoms with Crippen LogP contribution in [0.15, 0.2) is 42.5 Å². The van der Waals surface area contributed by atoms with E-state index in [-0.39, 0.29) is 28.8 Å². The molecule has 1 saturated heterocycles. The van der Waals surface area contributed by atoms with E-state index in [2.05, 4.69) is 29.3 Å². The van der Waals surface area contributed by atoms with E-state index in [9.17, 15) is 14.9 Å². The van der Waals surface area contributed by atoms with Gasteiger partial charge in [0, 0.05) is 43.0 Å². The van der Waals surface area contributed by atoms with Gasteiger partial charge in [0.25, 0.3) is 5.69 Å². The van der Waals surface area contributed by atoms with Gasteiger partial charge in [-0.3, -0.25) is 19.8 Å². The first-order valence-electron chi connectivity index (χ1n) is 8.71. The molecule has 0 radical (unpaired) electrons. The zero-order valence-corrected chi connectivity index (χ0v) is 15.8. The first kappa shape index (κ1) is 19.1. The molecule has 1 amide bonds. The lowest BCUT2D eigenvalue weighted by Crippen LogP contribution is -2.48. The molecule has 1 heterocycles. The summed E-state index contributed by atoms with van der Waals surface area (Å²) in [6.45, 7) is 5.46. The molecule has 2 aromatic rings. The van der Waals surface area contributed by atoms with Crippen LogP contribution in [0, 0.1) is 17.0 Å². The monoisotopic (exact) mass is 388 g/mol. The van der Waals surface area contributed by atoms with Crippen LogP contribution in [0.25, 0.3) is 0 Å². The minimum absolute atomic E-state index is 0.160. The van der Waals surface area contributed by atoms with Crippen LogP contribution < -0.4 is 10.2 Å². The van der Waals surface area contributed by atoms with Crippen molar-refractivity contribution in [3.63, 3.8) is 0 Å². The molecule has 0 spiro atoms. The molecular formula is C19H21ClN4O3. The number of hydrogen-bond acceptors (Lipinski definition) is 5. The Morgan fingerprint density at radius 3 is 2.56 bits per heavy atom. The van der Waals surface area contributed by atoms with E-state index < -0.39 is 4.92 Å². The fourth-order valence-electron chi connectivity index (χ4n) is 3.22. The molecule has 0 unspecified atom stereocenters. The molecule has 0 aliphatic carbocycles. The van der Waals surface area contributed by atoms with E-state index in [1.54, 1.807) is 0 Å². The molecule has 1 fully saturated rings. The Labute approximate surface area is 162 Å². The molecule has 0 saturated carbocycles. The number of carbonyl (C=O) groups is 1. The van der Waals surface area contributed by atoms with Gasteiger partial charge in [-0.15, -0.1) is 0 Å². The lowest BCUT2D eigenvalue weighted by Gasteiger charge is -2.36. The molecule has 7 nitrogen and oxygen atoms in total. The highest BCUT2D eigenvalue weighted by Crippen LogP contribution is 2.27. The minimum atomic E-state index is -0.553. The molecule has 2 aromatic carbocycles. The Balaban J connectivity index is 1.56. The number of hydrogen-bond donors (Lipinski definition) is 1. The maximum atomic E-state index is 12.3. The van der Waals surface area contributed by atoms with Crippen molar-refractivity contribution in [2.75, 3.05) is 42.9 Å². The molecule has 1 aliphatic rings. The number of nitro groups is 1. The first-order valence-corrected chi connectivity index (χ1v) is 9.08. The van der Waals surface area contributed by atoms with Crippen molar-refractivity contribution in [1.82, 2.24) is 4.90 Å². The number of piperazine rings is 1. The third-order valence-corrected chi connectivity index (χ3v) is 4.86. The second-order valence-electron chi connectivity index (χ2n) is 6.52. The Hall–Kier alpha value is -2.64. The largest absolute Gasteiger partial charge is 0.369 e. The fraction of sp³-hybridized carbons (Fsp3) is 0.316. The summed E-state index contributed by atoms with van der Waals surface area (Å²) in [4.78, 5) is 27.3. The maximum Gasteiger partial charge on any atom is 0.294 e. The molecule has 0 atom stereocenters. The van der Waals surface area contributed by atoms with Gasteiger partial charge in [0.1, 0.15) is 5.69 Å². The van der Waals surface area contributed by atoms with Crippen LogP contribution in [0.4, 0.5) is 17.1 Å². The first-order chi connectivity index (χ1) is 12.9. The van der Waals surface area contributed by atoms with Gasteiger partial charge >= 0.3 is 0 Å². The predicted octanol–water partition coefficient (Wildman–Crippen LogP) is 3.32. The Morgan fingerprint density at radius 1 is 1.19 bits per heavy atom. The average Bonchev–Trinajstić information content (AvgIpc) is 2.64. The van der Waals surface area contributed by atoms with E-state index in [4.69, 9.17) is 11.6 Å². The number of amides is 1. The summed E-state index contributed by atoms with van der Waals surface area (Å²) >= 11 is 5.80. The SMILES string of the molecule is Cc1ccccc1N1CCN(CC(=O)Nc2ccc(Cl)cc2[N+](=O)[O-])CC1. The number of nitrogens with zero attached hydrogens (tertiary/aromatic N) is 3. The summed E-state index contributed by atoms with van der Waals surface area (Å²) in [7, 11) is 0. The zero-order chi connectivity index (χ0) is 19.4. The average molecular weight is 389 g/mol. The van der Waals surface area contributed by atoms with Crippen molar-refractivity contribution in [3.8, 4) is 0 Å². The molecule has 27 heavy (non-hydrogen) atoms. The van der Waals surface area contributed by atoms with E-state index in [0.717, 1.165) is 26.2 Å². The van der Waals surface area contributed by atoms with Crippen LogP contribution >= 0.6 is 11.6 Å². The third kappa shape index (κ3) is 4.75. The van der Waals surface area contributed by atoms with Gasteiger partial charge in [-0.05, 0) is 30.7 Å². The van der Waals surface area contributed by atoms with Gasteiger partial charge < -0.3 is 10.2 Å². The van der Waals surface area contributed by atoms with Gasteiger partial charge in [0.05, 0.1) is 11.5 Å².